The lowest BCUT2D eigenvalue weighted by Gasteiger charge is -2.10. The van der Waals surface area contributed by atoms with Gasteiger partial charge in [0.2, 0.25) is 0 Å². The molecule has 5 heteroatoms. The third kappa shape index (κ3) is 2.18. The third-order valence-corrected chi connectivity index (χ3v) is 3.13. The van der Waals surface area contributed by atoms with Crippen molar-refractivity contribution in [2.45, 2.75) is 44.4 Å². The summed E-state index contributed by atoms with van der Waals surface area (Å²) in [4.78, 5) is 15.1. The van der Waals surface area contributed by atoms with Crippen molar-refractivity contribution in [1.82, 2.24) is 15.2 Å². The van der Waals surface area contributed by atoms with Crippen molar-refractivity contribution in [3.05, 3.63) is 17.7 Å². The van der Waals surface area contributed by atoms with Crippen molar-refractivity contribution >= 4 is 5.97 Å². The first-order valence-corrected chi connectivity index (χ1v) is 5.61. The van der Waals surface area contributed by atoms with Gasteiger partial charge in [0.1, 0.15) is 5.92 Å². The Hall–Kier alpha value is -1.52. The number of hydrogen-bond donors (Lipinski definition) is 1. The van der Waals surface area contributed by atoms with Gasteiger partial charge in [-0.1, -0.05) is 12.8 Å². The van der Waals surface area contributed by atoms with Crippen LogP contribution in [0.3, 0.4) is 0 Å². The Morgan fingerprint density at radius 2 is 2.19 bits per heavy atom. The van der Waals surface area contributed by atoms with Crippen LogP contribution in [0.4, 0.5) is 0 Å². The van der Waals surface area contributed by atoms with E-state index in [4.69, 9.17) is 5.11 Å². The van der Waals surface area contributed by atoms with E-state index in [2.05, 4.69) is 15.2 Å². The Labute approximate surface area is 93.9 Å². The van der Waals surface area contributed by atoms with Crippen molar-refractivity contribution < 1.29 is 9.90 Å². The van der Waals surface area contributed by atoms with Gasteiger partial charge in [-0.25, -0.2) is 4.98 Å². The van der Waals surface area contributed by atoms with E-state index in [1.165, 1.54) is 12.8 Å². The van der Waals surface area contributed by atoms with Gasteiger partial charge in [-0.05, 0) is 19.8 Å². The lowest BCUT2D eigenvalue weighted by Crippen LogP contribution is -2.14. The zero-order chi connectivity index (χ0) is 11.5. The van der Waals surface area contributed by atoms with Crippen molar-refractivity contribution in [2.75, 3.05) is 0 Å². The average molecular weight is 221 g/mol. The van der Waals surface area contributed by atoms with Gasteiger partial charge in [0, 0.05) is 5.92 Å². The van der Waals surface area contributed by atoms with E-state index < -0.39 is 11.9 Å². The molecule has 1 N–H and O–H groups in total. The highest BCUT2D eigenvalue weighted by Gasteiger charge is 2.22. The normalized spacial score (nSPS) is 18.6. The van der Waals surface area contributed by atoms with E-state index >= 15 is 0 Å². The molecule has 1 aliphatic rings. The van der Waals surface area contributed by atoms with Gasteiger partial charge >= 0.3 is 5.97 Å². The maximum Gasteiger partial charge on any atom is 0.314 e. The van der Waals surface area contributed by atoms with Gasteiger partial charge in [-0.2, -0.15) is 5.10 Å². The zero-order valence-corrected chi connectivity index (χ0v) is 9.26. The topological polar surface area (TPSA) is 76.0 Å². The first-order chi connectivity index (χ1) is 7.68. The fourth-order valence-electron chi connectivity index (χ4n) is 2.04. The number of rotatable bonds is 3. The van der Waals surface area contributed by atoms with Crippen LogP contribution in [0.2, 0.25) is 0 Å². The van der Waals surface area contributed by atoms with Crippen LogP contribution >= 0.6 is 0 Å². The molecule has 1 atom stereocenters. The number of carbonyl (C=O) groups is 1. The van der Waals surface area contributed by atoms with E-state index in [9.17, 15) is 4.79 Å². The first kappa shape index (κ1) is 11.0. The summed E-state index contributed by atoms with van der Waals surface area (Å²) < 4.78 is 0. The van der Waals surface area contributed by atoms with Gasteiger partial charge < -0.3 is 5.11 Å². The molecule has 1 aromatic rings. The Morgan fingerprint density at radius 1 is 1.50 bits per heavy atom. The van der Waals surface area contributed by atoms with Gasteiger partial charge in [0.15, 0.2) is 5.82 Å². The molecule has 0 amide bonds. The second-order valence-corrected chi connectivity index (χ2v) is 4.28. The molecular weight excluding hydrogens is 206 g/mol. The molecule has 1 unspecified atom stereocenters. The van der Waals surface area contributed by atoms with E-state index in [1.807, 2.05) is 0 Å². The lowest BCUT2D eigenvalue weighted by molar-refractivity contribution is -0.138. The van der Waals surface area contributed by atoms with Gasteiger partial charge in [0.25, 0.3) is 0 Å². The predicted molar refractivity (Wildman–Crippen MR) is 57.1 cm³/mol. The molecule has 0 aromatic carbocycles. The molecular formula is C11H15N3O2. The molecule has 1 aromatic heterocycles. The minimum atomic E-state index is -0.912. The Bertz CT molecular complexity index is 389. The fraction of sp³-hybridized carbons (Fsp3) is 0.636. The fourth-order valence-corrected chi connectivity index (χ4v) is 2.04. The second-order valence-electron chi connectivity index (χ2n) is 4.28. The molecule has 1 fully saturated rings. The monoisotopic (exact) mass is 221 g/mol. The molecule has 86 valence electrons. The molecule has 0 aliphatic heterocycles. The highest BCUT2D eigenvalue weighted by Crippen LogP contribution is 2.32. The largest absolute Gasteiger partial charge is 0.481 e. The number of aromatic nitrogens is 3. The molecule has 16 heavy (non-hydrogen) atoms. The maximum absolute atomic E-state index is 10.8. The summed E-state index contributed by atoms with van der Waals surface area (Å²) in [5, 5.41) is 16.5. The van der Waals surface area contributed by atoms with Crippen molar-refractivity contribution in [3.8, 4) is 0 Å². The molecule has 0 saturated heterocycles. The number of nitrogens with zero attached hydrogens (tertiary/aromatic N) is 3. The molecule has 0 bridgehead atoms. The average Bonchev–Trinajstić information content (AvgIpc) is 2.81. The van der Waals surface area contributed by atoms with E-state index in [0.717, 1.165) is 18.5 Å². The van der Waals surface area contributed by atoms with Crippen molar-refractivity contribution in [1.29, 1.82) is 0 Å². The number of carboxylic acid groups (broad SMARTS) is 1. The van der Waals surface area contributed by atoms with E-state index in [-0.39, 0.29) is 0 Å². The van der Waals surface area contributed by atoms with Crippen LogP contribution in [0, 0.1) is 0 Å². The summed E-state index contributed by atoms with van der Waals surface area (Å²) in [6.07, 6.45) is 6.35. The summed E-state index contributed by atoms with van der Waals surface area (Å²) in [6, 6.07) is 0. The zero-order valence-electron chi connectivity index (χ0n) is 9.26. The van der Waals surface area contributed by atoms with Crippen LogP contribution in [0.5, 0.6) is 0 Å². The van der Waals surface area contributed by atoms with Gasteiger partial charge in [-0.3, -0.25) is 4.79 Å². The molecule has 0 spiro atoms. The molecule has 1 heterocycles. The molecule has 2 rings (SSSR count). The summed E-state index contributed by atoms with van der Waals surface area (Å²) in [7, 11) is 0. The highest BCUT2D eigenvalue weighted by molar-refractivity contribution is 5.74. The Morgan fingerprint density at radius 3 is 2.81 bits per heavy atom. The smallest absolute Gasteiger partial charge is 0.314 e. The maximum atomic E-state index is 10.8. The third-order valence-electron chi connectivity index (χ3n) is 3.13. The minimum absolute atomic E-state index is 0.317. The second kappa shape index (κ2) is 4.55. The van der Waals surface area contributed by atoms with Gasteiger partial charge in [-0.15, -0.1) is 5.10 Å². The first-order valence-electron chi connectivity index (χ1n) is 5.61. The Balaban J connectivity index is 2.21. The predicted octanol–water partition coefficient (Wildman–Crippen LogP) is 1.72. The van der Waals surface area contributed by atoms with E-state index in [1.54, 1.807) is 13.1 Å². The van der Waals surface area contributed by atoms with Crippen LogP contribution in [-0.4, -0.2) is 26.3 Å². The minimum Gasteiger partial charge on any atom is -0.481 e. The highest BCUT2D eigenvalue weighted by atomic mass is 16.4. The molecule has 1 saturated carbocycles. The van der Waals surface area contributed by atoms with Crippen molar-refractivity contribution in [2.24, 2.45) is 0 Å². The van der Waals surface area contributed by atoms with Crippen LogP contribution in [0.15, 0.2) is 6.20 Å². The number of carboxylic acids is 1. The molecule has 0 radical (unpaired) electrons. The van der Waals surface area contributed by atoms with Crippen molar-refractivity contribution in [3.63, 3.8) is 0 Å². The summed E-state index contributed by atoms with van der Waals surface area (Å²) in [5.74, 6) is -0.841. The Kier molecular flexibility index (Phi) is 3.12. The lowest BCUT2D eigenvalue weighted by atomic mass is 10.0. The number of aliphatic carboxylic acids is 1. The number of hydrogen-bond acceptors (Lipinski definition) is 4. The van der Waals surface area contributed by atoms with Crippen LogP contribution in [-0.2, 0) is 4.79 Å². The van der Waals surface area contributed by atoms with Crippen LogP contribution < -0.4 is 0 Å². The van der Waals surface area contributed by atoms with Gasteiger partial charge in [0.05, 0.1) is 11.9 Å². The summed E-state index contributed by atoms with van der Waals surface area (Å²) in [6.45, 7) is 1.58. The van der Waals surface area contributed by atoms with E-state index in [0.29, 0.717) is 11.7 Å². The summed E-state index contributed by atoms with van der Waals surface area (Å²) in [5.41, 5.74) is 0.899. The van der Waals surface area contributed by atoms with Crippen LogP contribution in [0.25, 0.3) is 0 Å². The molecule has 1 aliphatic carbocycles. The summed E-state index contributed by atoms with van der Waals surface area (Å²) >= 11 is 0. The molecule has 5 nitrogen and oxygen atoms in total. The SMILES string of the molecule is CC(C(=O)O)c1nncc(C2CCCC2)n1. The standard InChI is InChI=1S/C11H15N3O2/c1-7(11(15)16)10-13-9(6-12-14-10)8-4-2-3-5-8/h6-8H,2-5H2,1H3,(H,15,16). The van der Waals surface area contributed by atoms with Crippen LogP contribution in [0.1, 0.15) is 56.0 Å². The quantitative estimate of drug-likeness (QED) is 0.840.